The minimum Gasteiger partial charge on any atom is -0.366 e. The molecule has 184 valence electrons. The Morgan fingerprint density at radius 1 is 1.11 bits per heavy atom. The van der Waals surface area contributed by atoms with Gasteiger partial charge in [0.15, 0.2) is 0 Å². The quantitative estimate of drug-likeness (QED) is 0.274. The lowest BCUT2D eigenvalue weighted by Crippen LogP contribution is -2.21. The molecule has 0 radical (unpaired) electrons. The Bertz CT molecular complexity index is 1390. The van der Waals surface area contributed by atoms with Gasteiger partial charge in [-0.2, -0.15) is 5.26 Å². The van der Waals surface area contributed by atoms with E-state index in [4.69, 9.17) is 26.3 Å². The van der Waals surface area contributed by atoms with Crippen LogP contribution in [0.25, 0.3) is 22.3 Å². The zero-order valence-electron chi connectivity index (χ0n) is 20.7. The SMILES string of the molecule is CCO[C@@H](c1ccccc1)c1nc2cc(C#N)nc(-c3cncc(Cl)c3)c2n1CC1CCC(C)CC1. The van der Waals surface area contributed by atoms with E-state index >= 15 is 0 Å². The van der Waals surface area contributed by atoms with Crippen LogP contribution in [-0.2, 0) is 11.3 Å². The molecule has 1 saturated carbocycles. The van der Waals surface area contributed by atoms with Crippen molar-refractivity contribution < 1.29 is 4.74 Å². The number of pyridine rings is 2. The van der Waals surface area contributed by atoms with Gasteiger partial charge in [-0.1, -0.05) is 61.7 Å². The summed E-state index contributed by atoms with van der Waals surface area (Å²) < 4.78 is 8.60. The molecule has 1 aliphatic rings. The molecule has 7 heteroatoms. The molecular formula is C29H30ClN5O. The summed E-state index contributed by atoms with van der Waals surface area (Å²) in [7, 11) is 0. The van der Waals surface area contributed by atoms with Gasteiger partial charge < -0.3 is 9.30 Å². The van der Waals surface area contributed by atoms with Gasteiger partial charge in [-0.15, -0.1) is 0 Å². The van der Waals surface area contributed by atoms with Gasteiger partial charge in [-0.25, -0.2) is 9.97 Å². The molecular weight excluding hydrogens is 470 g/mol. The molecule has 3 heterocycles. The Morgan fingerprint density at radius 2 is 1.89 bits per heavy atom. The van der Waals surface area contributed by atoms with E-state index in [1.807, 2.05) is 31.2 Å². The molecule has 0 spiro atoms. The van der Waals surface area contributed by atoms with Gasteiger partial charge >= 0.3 is 0 Å². The molecule has 0 N–H and O–H groups in total. The van der Waals surface area contributed by atoms with E-state index < -0.39 is 0 Å². The van der Waals surface area contributed by atoms with Crippen LogP contribution in [0.5, 0.6) is 0 Å². The number of fused-ring (bicyclic) bond motifs is 1. The van der Waals surface area contributed by atoms with Crippen molar-refractivity contribution in [1.82, 2.24) is 19.5 Å². The zero-order chi connectivity index (χ0) is 25.1. The second kappa shape index (κ2) is 10.8. The summed E-state index contributed by atoms with van der Waals surface area (Å²) in [6.45, 7) is 5.72. The molecule has 0 bridgehead atoms. The largest absolute Gasteiger partial charge is 0.366 e. The number of nitrogens with zero attached hydrogens (tertiary/aromatic N) is 5. The third kappa shape index (κ3) is 5.00. The van der Waals surface area contributed by atoms with Crippen LogP contribution in [0.2, 0.25) is 5.02 Å². The van der Waals surface area contributed by atoms with Gasteiger partial charge in [0.25, 0.3) is 0 Å². The van der Waals surface area contributed by atoms with Crippen LogP contribution in [0.1, 0.15) is 62.7 Å². The maximum atomic E-state index is 9.74. The highest BCUT2D eigenvalue weighted by molar-refractivity contribution is 6.30. The first-order chi connectivity index (χ1) is 17.6. The molecule has 0 unspecified atom stereocenters. The van der Waals surface area contributed by atoms with Gasteiger partial charge in [0.2, 0.25) is 0 Å². The van der Waals surface area contributed by atoms with Gasteiger partial charge in [0, 0.05) is 37.2 Å². The average molecular weight is 500 g/mol. The standard InChI is InChI=1S/C29H30ClN5O/c1-3-36-28(21-7-5-4-6-8-21)29-34-25-14-24(15-31)33-26(22-13-23(30)17-32-16-22)27(25)35(29)18-20-11-9-19(2)10-12-20/h4-8,13-14,16-17,19-20,28H,3,9-12,18H2,1-2H3/t19?,20?,28-/m0/s1. The summed E-state index contributed by atoms with van der Waals surface area (Å²) in [5.41, 5.74) is 4.43. The van der Waals surface area contributed by atoms with Crippen molar-refractivity contribution in [3.05, 3.63) is 77.0 Å². The maximum absolute atomic E-state index is 9.74. The lowest BCUT2D eigenvalue weighted by atomic mass is 9.83. The first kappa shape index (κ1) is 24.4. The summed E-state index contributed by atoms with van der Waals surface area (Å²) in [6, 6.07) is 16.0. The summed E-state index contributed by atoms with van der Waals surface area (Å²) in [5, 5.41) is 10.3. The Balaban J connectivity index is 1.75. The van der Waals surface area contributed by atoms with E-state index in [-0.39, 0.29) is 6.10 Å². The number of rotatable bonds is 7. The summed E-state index contributed by atoms with van der Waals surface area (Å²) in [4.78, 5) is 14.1. The lowest BCUT2D eigenvalue weighted by molar-refractivity contribution is 0.0817. The highest BCUT2D eigenvalue weighted by atomic mass is 35.5. The fourth-order valence-electron chi connectivity index (χ4n) is 5.24. The molecule has 3 aromatic heterocycles. The third-order valence-corrected chi connectivity index (χ3v) is 7.30. The number of imidazole rings is 1. The molecule has 1 fully saturated rings. The minimum absolute atomic E-state index is 0.313. The van der Waals surface area contributed by atoms with Crippen LogP contribution in [0, 0.1) is 23.2 Å². The zero-order valence-corrected chi connectivity index (χ0v) is 21.4. The maximum Gasteiger partial charge on any atom is 0.143 e. The molecule has 0 aliphatic heterocycles. The van der Waals surface area contributed by atoms with E-state index in [0.717, 1.165) is 40.4 Å². The number of hydrogen-bond donors (Lipinski definition) is 0. The van der Waals surface area contributed by atoms with Crippen molar-refractivity contribution in [1.29, 1.82) is 5.26 Å². The summed E-state index contributed by atoms with van der Waals surface area (Å²) >= 11 is 6.31. The lowest BCUT2D eigenvalue weighted by Gasteiger charge is -2.28. The smallest absolute Gasteiger partial charge is 0.143 e. The molecule has 4 aromatic rings. The van der Waals surface area contributed by atoms with Crippen LogP contribution in [0.4, 0.5) is 0 Å². The van der Waals surface area contributed by atoms with E-state index in [1.165, 1.54) is 25.7 Å². The number of hydrogen-bond acceptors (Lipinski definition) is 5. The average Bonchev–Trinajstić information content (AvgIpc) is 3.26. The predicted molar refractivity (Wildman–Crippen MR) is 142 cm³/mol. The molecule has 1 aliphatic carbocycles. The fraction of sp³-hybridized carbons (Fsp3) is 0.379. The number of benzene rings is 1. The van der Waals surface area contributed by atoms with Crippen LogP contribution >= 0.6 is 11.6 Å². The second-order valence-corrected chi connectivity index (χ2v) is 10.1. The molecule has 0 amide bonds. The monoisotopic (exact) mass is 499 g/mol. The molecule has 5 rings (SSSR count). The van der Waals surface area contributed by atoms with Crippen molar-refractivity contribution >= 4 is 22.6 Å². The molecule has 36 heavy (non-hydrogen) atoms. The van der Waals surface area contributed by atoms with Gasteiger partial charge in [-0.05, 0) is 43.2 Å². The Kier molecular flexibility index (Phi) is 7.31. The highest BCUT2D eigenvalue weighted by Gasteiger charge is 2.28. The molecule has 6 nitrogen and oxygen atoms in total. The van der Waals surface area contributed by atoms with Crippen molar-refractivity contribution in [2.24, 2.45) is 11.8 Å². The van der Waals surface area contributed by atoms with Crippen LogP contribution in [-0.4, -0.2) is 26.1 Å². The Labute approximate surface area is 216 Å². The number of halogens is 1. The Hall–Kier alpha value is -3.27. The molecule has 0 saturated heterocycles. The second-order valence-electron chi connectivity index (χ2n) is 9.68. The molecule has 1 atom stereocenters. The van der Waals surface area contributed by atoms with Crippen LogP contribution in [0.15, 0.2) is 54.9 Å². The third-order valence-electron chi connectivity index (χ3n) is 7.09. The van der Waals surface area contributed by atoms with E-state index in [9.17, 15) is 5.26 Å². The van der Waals surface area contributed by atoms with Crippen molar-refractivity contribution in [2.45, 2.75) is 52.2 Å². The van der Waals surface area contributed by atoms with E-state index in [0.29, 0.717) is 28.9 Å². The summed E-state index contributed by atoms with van der Waals surface area (Å²) in [5.74, 6) is 2.15. The van der Waals surface area contributed by atoms with E-state index in [1.54, 1.807) is 18.5 Å². The summed E-state index contributed by atoms with van der Waals surface area (Å²) in [6.07, 6.45) is 7.85. The van der Waals surface area contributed by atoms with Gasteiger partial charge in [0.05, 0.1) is 21.7 Å². The number of aromatic nitrogens is 4. The van der Waals surface area contributed by atoms with Gasteiger partial charge in [-0.3, -0.25) is 4.98 Å². The highest BCUT2D eigenvalue weighted by Crippen LogP contribution is 2.37. The Morgan fingerprint density at radius 3 is 2.58 bits per heavy atom. The first-order valence-electron chi connectivity index (χ1n) is 12.7. The van der Waals surface area contributed by atoms with Crippen molar-refractivity contribution in [2.75, 3.05) is 6.61 Å². The fourth-order valence-corrected chi connectivity index (χ4v) is 5.42. The molecule has 1 aromatic carbocycles. The van der Waals surface area contributed by atoms with Crippen molar-refractivity contribution in [3.8, 4) is 17.3 Å². The topological polar surface area (TPSA) is 76.6 Å². The number of ether oxygens (including phenoxy) is 1. The normalized spacial score (nSPS) is 18.7. The number of nitriles is 1. The van der Waals surface area contributed by atoms with Gasteiger partial charge in [0.1, 0.15) is 23.7 Å². The first-order valence-corrected chi connectivity index (χ1v) is 13.0. The van der Waals surface area contributed by atoms with Crippen molar-refractivity contribution in [3.63, 3.8) is 0 Å². The van der Waals surface area contributed by atoms with E-state index in [2.05, 4.69) is 34.7 Å². The van der Waals surface area contributed by atoms with Crippen LogP contribution in [0.3, 0.4) is 0 Å². The van der Waals surface area contributed by atoms with Crippen LogP contribution < -0.4 is 0 Å². The predicted octanol–water partition coefficient (Wildman–Crippen LogP) is 6.97. The minimum atomic E-state index is -0.331.